The summed E-state index contributed by atoms with van der Waals surface area (Å²) in [4.78, 5) is 25.1. The third-order valence-electron chi connectivity index (χ3n) is 4.56. The Bertz CT molecular complexity index is 1010. The summed E-state index contributed by atoms with van der Waals surface area (Å²) in [5.41, 5.74) is -0.556. The highest BCUT2D eigenvalue weighted by molar-refractivity contribution is 5.77. The number of pyridine rings is 1. The molecule has 1 fully saturated rings. The van der Waals surface area contributed by atoms with E-state index in [-0.39, 0.29) is 11.4 Å². The number of rotatable bonds is 2. The van der Waals surface area contributed by atoms with E-state index in [1.807, 2.05) is 0 Å². The average Bonchev–Trinajstić information content (AvgIpc) is 3.10. The van der Waals surface area contributed by atoms with Gasteiger partial charge in [-0.05, 0) is 37.1 Å². The summed E-state index contributed by atoms with van der Waals surface area (Å²) in [5.74, 6) is 0.239. The number of alkyl halides is 3. The number of aromatic amines is 1. The van der Waals surface area contributed by atoms with Gasteiger partial charge in [0.15, 0.2) is 0 Å². The fourth-order valence-corrected chi connectivity index (χ4v) is 3.41. The zero-order valence-electron chi connectivity index (χ0n) is 13.6. The summed E-state index contributed by atoms with van der Waals surface area (Å²) in [5, 5.41) is 0.453. The van der Waals surface area contributed by atoms with Crippen molar-refractivity contribution in [2.24, 2.45) is 0 Å². The molecule has 134 valence electrons. The van der Waals surface area contributed by atoms with Crippen LogP contribution >= 0.6 is 0 Å². The van der Waals surface area contributed by atoms with E-state index < -0.39 is 17.8 Å². The van der Waals surface area contributed by atoms with Gasteiger partial charge in [0.25, 0.3) is 5.56 Å². The number of fused-ring (bicyclic) bond motifs is 1. The molecule has 0 spiro atoms. The van der Waals surface area contributed by atoms with E-state index >= 15 is 0 Å². The lowest BCUT2D eigenvalue weighted by Crippen LogP contribution is -2.29. The van der Waals surface area contributed by atoms with Crippen molar-refractivity contribution in [1.82, 2.24) is 15.0 Å². The Labute approximate surface area is 146 Å². The SMILES string of the molecule is O=c1[nH]c(C2CCCN2c2ncccc2C(F)(F)F)nc2ccccc12. The molecule has 1 saturated heterocycles. The first-order valence-corrected chi connectivity index (χ1v) is 8.23. The highest BCUT2D eigenvalue weighted by atomic mass is 19.4. The van der Waals surface area contributed by atoms with Crippen molar-refractivity contribution in [1.29, 1.82) is 0 Å². The van der Waals surface area contributed by atoms with Crippen LogP contribution in [0.1, 0.15) is 30.3 Å². The maximum absolute atomic E-state index is 13.4. The topological polar surface area (TPSA) is 61.9 Å². The lowest BCUT2D eigenvalue weighted by atomic mass is 10.1. The van der Waals surface area contributed by atoms with Crippen LogP contribution in [0.5, 0.6) is 0 Å². The molecule has 0 radical (unpaired) electrons. The molecular weight excluding hydrogens is 345 g/mol. The van der Waals surface area contributed by atoms with Crippen molar-refractivity contribution >= 4 is 16.7 Å². The number of benzene rings is 1. The van der Waals surface area contributed by atoms with Gasteiger partial charge in [0, 0.05) is 12.7 Å². The van der Waals surface area contributed by atoms with Gasteiger partial charge < -0.3 is 9.88 Å². The Morgan fingerprint density at radius 2 is 1.96 bits per heavy atom. The number of nitrogens with zero attached hydrogens (tertiary/aromatic N) is 3. The Hall–Kier alpha value is -2.90. The van der Waals surface area contributed by atoms with E-state index in [1.54, 1.807) is 29.2 Å². The molecule has 1 unspecified atom stereocenters. The van der Waals surface area contributed by atoms with Gasteiger partial charge in [0.05, 0.1) is 22.5 Å². The zero-order valence-corrected chi connectivity index (χ0v) is 13.6. The second-order valence-electron chi connectivity index (χ2n) is 6.19. The van der Waals surface area contributed by atoms with Crippen LogP contribution in [0.2, 0.25) is 0 Å². The molecule has 0 bridgehead atoms. The van der Waals surface area contributed by atoms with Crippen LogP contribution in [0.25, 0.3) is 10.9 Å². The predicted octanol–water partition coefficient (Wildman–Crippen LogP) is 3.68. The van der Waals surface area contributed by atoms with Gasteiger partial charge in [0.1, 0.15) is 11.6 Å². The lowest BCUT2D eigenvalue weighted by Gasteiger charge is -2.27. The van der Waals surface area contributed by atoms with Gasteiger partial charge in [-0.2, -0.15) is 13.2 Å². The number of anilines is 1. The number of para-hydroxylation sites is 1. The van der Waals surface area contributed by atoms with E-state index in [9.17, 15) is 18.0 Å². The number of hydrogen-bond acceptors (Lipinski definition) is 4. The third kappa shape index (κ3) is 2.81. The van der Waals surface area contributed by atoms with E-state index in [0.29, 0.717) is 36.1 Å². The molecule has 1 aliphatic heterocycles. The fraction of sp³-hybridized carbons (Fsp3) is 0.278. The molecule has 0 amide bonds. The summed E-state index contributed by atoms with van der Waals surface area (Å²) in [7, 11) is 0. The molecule has 1 aromatic carbocycles. The molecule has 4 rings (SSSR count). The number of hydrogen-bond donors (Lipinski definition) is 1. The van der Waals surface area contributed by atoms with Crippen molar-refractivity contribution < 1.29 is 13.2 Å². The quantitative estimate of drug-likeness (QED) is 0.757. The predicted molar refractivity (Wildman–Crippen MR) is 90.9 cm³/mol. The van der Waals surface area contributed by atoms with Gasteiger partial charge in [-0.1, -0.05) is 12.1 Å². The molecule has 1 N–H and O–H groups in total. The van der Waals surface area contributed by atoms with Crippen molar-refractivity contribution in [3.63, 3.8) is 0 Å². The molecule has 3 aromatic rings. The van der Waals surface area contributed by atoms with Crippen molar-refractivity contribution in [2.45, 2.75) is 25.1 Å². The van der Waals surface area contributed by atoms with Gasteiger partial charge >= 0.3 is 6.18 Å². The van der Waals surface area contributed by atoms with Crippen LogP contribution in [0.3, 0.4) is 0 Å². The van der Waals surface area contributed by atoms with Gasteiger partial charge in [-0.15, -0.1) is 0 Å². The Balaban J connectivity index is 1.81. The molecule has 0 saturated carbocycles. The number of H-pyrrole nitrogens is 1. The molecule has 1 aliphatic rings. The van der Waals surface area contributed by atoms with Gasteiger partial charge in [-0.3, -0.25) is 4.79 Å². The minimum absolute atomic E-state index is 0.127. The summed E-state index contributed by atoms with van der Waals surface area (Å²) in [6.07, 6.45) is -1.87. The van der Waals surface area contributed by atoms with E-state index in [4.69, 9.17) is 0 Å². The molecular formula is C18H15F3N4O. The zero-order chi connectivity index (χ0) is 18.3. The van der Waals surface area contributed by atoms with Crippen LogP contribution in [-0.2, 0) is 6.18 Å². The fourth-order valence-electron chi connectivity index (χ4n) is 3.41. The maximum atomic E-state index is 13.4. The lowest BCUT2D eigenvalue weighted by molar-refractivity contribution is -0.137. The minimum Gasteiger partial charge on any atom is -0.346 e. The largest absolute Gasteiger partial charge is 0.419 e. The second-order valence-corrected chi connectivity index (χ2v) is 6.19. The van der Waals surface area contributed by atoms with Crippen LogP contribution in [0.4, 0.5) is 19.0 Å². The van der Waals surface area contributed by atoms with Crippen molar-refractivity contribution in [2.75, 3.05) is 11.4 Å². The Morgan fingerprint density at radius 3 is 2.77 bits per heavy atom. The smallest absolute Gasteiger partial charge is 0.346 e. The first-order valence-electron chi connectivity index (χ1n) is 8.23. The van der Waals surface area contributed by atoms with Gasteiger partial charge in [0.2, 0.25) is 0 Å². The number of nitrogens with one attached hydrogen (secondary N) is 1. The molecule has 3 heterocycles. The van der Waals surface area contributed by atoms with E-state index in [0.717, 1.165) is 6.07 Å². The van der Waals surface area contributed by atoms with E-state index in [2.05, 4.69) is 15.0 Å². The maximum Gasteiger partial charge on any atom is 0.419 e. The highest BCUT2D eigenvalue weighted by Gasteiger charge is 2.39. The van der Waals surface area contributed by atoms with Crippen molar-refractivity contribution in [3.05, 3.63) is 64.3 Å². The average molecular weight is 360 g/mol. The molecule has 2 aromatic heterocycles. The Kier molecular flexibility index (Phi) is 3.90. The second kappa shape index (κ2) is 6.12. The van der Waals surface area contributed by atoms with Crippen LogP contribution in [-0.4, -0.2) is 21.5 Å². The van der Waals surface area contributed by atoms with Crippen LogP contribution < -0.4 is 10.5 Å². The standard InChI is InChI=1S/C18H15F3N4O/c19-18(20,21)12-6-3-9-22-16(12)25-10-4-8-14(25)15-23-13-7-2-1-5-11(13)17(26)24-15/h1-3,5-7,9,14H,4,8,10H2,(H,23,24,26). The highest BCUT2D eigenvalue weighted by Crippen LogP contribution is 2.40. The third-order valence-corrected chi connectivity index (χ3v) is 4.56. The normalized spacial score (nSPS) is 17.8. The summed E-state index contributed by atoms with van der Waals surface area (Å²) in [6.45, 7) is 0.418. The molecule has 5 nitrogen and oxygen atoms in total. The number of aromatic nitrogens is 3. The summed E-state index contributed by atoms with van der Waals surface area (Å²) >= 11 is 0. The number of halogens is 3. The van der Waals surface area contributed by atoms with Crippen LogP contribution in [0.15, 0.2) is 47.4 Å². The molecule has 0 aliphatic carbocycles. The van der Waals surface area contributed by atoms with Gasteiger partial charge in [-0.25, -0.2) is 9.97 Å². The first kappa shape index (κ1) is 16.6. The molecule has 1 atom stereocenters. The van der Waals surface area contributed by atoms with Crippen LogP contribution in [0, 0.1) is 0 Å². The Morgan fingerprint density at radius 1 is 1.15 bits per heavy atom. The monoisotopic (exact) mass is 360 g/mol. The summed E-state index contributed by atoms with van der Waals surface area (Å²) < 4.78 is 40.1. The van der Waals surface area contributed by atoms with E-state index in [1.165, 1.54) is 12.3 Å². The summed E-state index contributed by atoms with van der Waals surface area (Å²) in [6, 6.07) is 8.73. The first-order chi connectivity index (χ1) is 12.4. The van der Waals surface area contributed by atoms with Crippen molar-refractivity contribution in [3.8, 4) is 0 Å². The molecule has 26 heavy (non-hydrogen) atoms. The minimum atomic E-state index is -4.50. The molecule has 8 heteroatoms.